The third kappa shape index (κ3) is 2.79. The Morgan fingerprint density at radius 3 is 2.14 bits per heavy atom. The highest BCUT2D eigenvalue weighted by molar-refractivity contribution is 6.33. The summed E-state index contributed by atoms with van der Waals surface area (Å²) in [6.45, 7) is 0.554. The van der Waals surface area contributed by atoms with E-state index in [4.69, 9.17) is 31.5 Å². The third-order valence-corrected chi connectivity index (χ3v) is 4.89. The number of benzene rings is 1. The summed E-state index contributed by atoms with van der Waals surface area (Å²) in [6, 6.07) is 1.84. The minimum atomic E-state index is -0.139. The molecule has 0 saturated heterocycles. The highest BCUT2D eigenvalue weighted by atomic mass is 35.5. The van der Waals surface area contributed by atoms with Gasteiger partial charge in [0, 0.05) is 23.6 Å². The molecular weight excluding hydrogens is 290 g/mol. The molecule has 1 fully saturated rings. The lowest BCUT2D eigenvalue weighted by Gasteiger charge is -2.38. The molecule has 2 N–H and O–H groups in total. The Labute approximate surface area is 131 Å². The van der Waals surface area contributed by atoms with E-state index in [1.54, 1.807) is 21.3 Å². The van der Waals surface area contributed by atoms with Crippen LogP contribution in [-0.2, 0) is 5.41 Å². The maximum absolute atomic E-state index is 6.64. The smallest absolute Gasteiger partial charge is 0.179 e. The molecule has 4 nitrogen and oxygen atoms in total. The van der Waals surface area contributed by atoms with Gasteiger partial charge in [-0.2, -0.15) is 0 Å². The highest BCUT2D eigenvalue weighted by Gasteiger charge is 2.38. The molecule has 1 saturated carbocycles. The number of nitrogens with two attached hydrogens (primary N) is 1. The van der Waals surface area contributed by atoms with E-state index >= 15 is 0 Å². The fourth-order valence-corrected chi connectivity index (χ4v) is 3.83. The van der Waals surface area contributed by atoms with E-state index in [1.807, 2.05) is 6.07 Å². The van der Waals surface area contributed by atoms with Gasteiger partial charge >= 0.3 is 0 Å². The van der Waals surface area contributed by atoms with Crippen molar-refractivity contribution in [3.8, 4) is 17.2 Å². The van der Waals surface area contributed by atoms with E-state index in [1.165, 1.54) is 6.42 Å². The van der Waals surface area contributed by atoms with E-state index in [0.717, 1.165) is 37.0 Å². The number of hydrogen-bond donors (Lipinski definition) is 1. The van der Waals surface area contributed by atoms with Crippen molar-refractivity contribution in [3.63, 3.8) is 0 Å². The van der Waals surface area contributed by atoms with Gasteiger partial charge in [0.2, 0.25) is 0 Å². The van der Waals surface area contributed by atoms with E-state index < -0.39 is 0 Å². The summed E-state index contributed by atoms with van der Waals surface area (Å²) in [4.78, 5) is 0. The molecule has 118 valence electrons. The van der Waals surface area contributed by atoms with Crippen LogP contribution in [0, 0.1) is 0 Å². The summed E-state index contributed by atoms with van der Waals surface area (Å²) in [5.74, 6) is 1.85. The molecule has 2 rings (SSSR count). The van der Waals surface area contributed by atoms with Gasteiger partial charge in [0.15, 0.2) is 11.5 Å². The van der Waals surface area contributed by atoms with Crippen LogP contribution in [0.2, 0.25) is 5.02 Å². The largest absolute Gasteiger partial charge is 0.496 e. The normalized spacial score (nSPS) is 17.4. The number of hydrogen-bond acceptors (Lipinski definition) is 4. The van der Waals surface area contributed by atoms with Gasteiger partial charge in [0.1, 0.15) is 5.75 Å². The van der Waals surface area contributed by atoms with Crippen molar-refractivity contribution in [2.75, 3.05) is 27.9 Å². The molecule has 0 radical (unpaired) electrons. The SMILES string of the molecule is COc1cc(OC)c(C2(CN)CCCCC2)c(Cl)c1OC. The Hall–Kier alpha value is -1.13. The minimum absolute atomic E-state index is 0.139. The molecule has 0 atom stereocenters. The van der Waals surface area contributed by atoms with Crippen LogP contribution in [0.15, 0.2) is 6.07 Å². The molecule has 0 unspecified atom stereocenters. The van der Waals surface area contributed by atoms with Gasteiger partial charge in [0.05, 0.1) is 26.4 Å². The summed E-state index contributed by atoms with van der Waals surface area (Å²) < 4.78 is 16.4. The zero-order chi connectivity index (χ0) is 15.5. The lowest BCUT2D eigenvalue weighted by atomic mass is 9.69. The van der Waals surface area contributed by atoms with Crippen LogP contribution in [0.4, 0.5) is 0 Å². The molecule has 0 bridgehead atoms. The molecule has 0 spiro atoms. The molecule has 1 aliphatic carbocycles. The molecule has 0 aromatic heterocycles. The number of ether oxygens (including phenoxy) is 3. The van der Waals surface area contributed by atoms with Crippen molar-refractivity contribution in [2.24, 2.45) is 5.73 Å². The van der Waals surface area contributed by atoms with Gasteiger partial charge in [-0.1, -0.05) is 30.9 Å². The third-order valence-electron chi connectivity index (χ3n) is 4.53. The molecule has 5 heteroatoms. The molecule has 1 aliphatic rings. The number of rotatable bonds is 5. The van der Waals surface area contributed by atoms with Crippen molar-refractivity contribution in [2.45, 2.75) is 37.5 Å². The van der Waals surface area contributed by atoms with Crippen LogP contribution in [0.25, 0.3) is 0 Å². The zero-order valence-electron chi connectivity index (χ0n) is 13.0. The molecule has 0 amide bonds. The first kappa shape index (κ1) is 16.2. The first-order valence-electron chi connectivity index (χ1n) is 7.32. The molecule has 0 aliphatic heterocycles. The fourth-order valence-electron chi connectivity index (χ4n) is 3.37. The molecule has 21 heavy (non-hydrogen) atoms. The van der Waals surface area contributed by atoms with Crippen LogP contribution < -0.4 is 19.9 Å². The van der Waals surface area contributed by atoms with Crippen LogP contribution in [-0.4, -0.2) is 27.9 Å². The van der Waals surface area contributed by atoms with Crippen molar-refractivity contribution >= 4 is 11.6 Å². The topological polar surface area (TPSA) is 53.7 Å². The van der Waals surface area contributed by atoms with Gasteiger partial charge in [0.25, 0.3) is 0 Å². The van der Waals surface area contributed by atoms with Gasteiger partial charge in [-0.05, 0) is 12.8 Å². The average molecular weight is 314 g/mol. The Bertz CT molecular complexity index is 499. The lowest BCUT2D eigenvalue weighted by Crippen LogP contribution is -2.37. The van der Waals surface area contributed by atoms with Crippen LogP contribution in [0.3, 0.4) is 0 Å². The van der Waals surface area contributed by atoms with Gasteiger partial charge in [-0.15, -0.1) is 0 Å². The summed E-state index contributed by atoms with van der Waals surface area (Å²) in [7, 11) is 4.83. The van der Waals surface area contributed by atoms with Crippen molar-refractivity contribution < 1.29 is 14.2 Å². The van der Waals surface area contributed by atoms with Crippen LogP contribution in [0.5, 0.6) is 17.2 Å². The second-order valence-electron chi connectivity index (χ2n) is 5.55. The van der Waals surface area contributed by atoms with Crippen LogP contribution in [0.1, 0.15) is 37.7 Å². The Kier molecular flexibility index (Phi) is 5.22. The van der Waals surface area contributed by atoms with Crippen molar-refractivity contribution in [3.05, 3.63) is 16.7 Å². The van der Waals surface area contributed by atoms with Gasteiger partial charge < -0.3 is 19.9 Å². The molecular formula is C16H24ClNO3. The first-order valence-corrected chi connectivity index (χ1v) is 7.70. The molecule has 0 heterocycles. The summed E-state index contributed by atoms with van der Waals surface area (Å²) in [5, 5.41) is 0.557. The minimum Gasteiger partial charge on any atom is -0.496 e. The summed E-state index contributed by atoms with van der Waals surface area (Å²) >= 11 is 6.64. The van der Waals surface area contributed by atoms with E-state index in [9.17, 15) is 0 Å². The van der Waals surface area contributed by atoms with E-state index in [0.29, 0.717) is 23.1 Å². The maximum Gasteiger partial charge on any atom is 0.179 e. The van der Waals surface area contributed by atoms with Gasteiger partial charge in [-0.25, -0.2) is 0 Å². The highest BCUT2D eigenvalue weighted by Crippen LogP contribution is 2.51. The Morgan fingerprint density at radius 1 is 1.05 bits per heavy atom. The van der Waals surface area contributed by atoms with Crippen molar-refractivity contribution in [1.29, 1.82) is 0 Å². The Morgan fingerprint density at radius 2 is 1.67 bits per heavy atom. The first-order chi connectivity index (χ1) is 10.1. The van der Waals surface area contributed by atoms with E-state index in [2.05, 4.69) is 0 Å². The Balaban J connectivity index is 2.65. The second-order valence-corrected chi connectivity index (χ2v) is 5.93. The lowest BCUT2D eigenvalue weighted by molar-refractivity contribution is 0.283. The molecule has 1 aromatic rings. The molecule has 1 aromatic carbocycles. The van der Waals surface area contributed by atoms with Crippen LogP contribution >= 0.6 is 11.6 Å². The van der Waals surface area contributed by atoms with Gasteiger partial charge in [-0.3, -0.25) is 0 Å². The fraction of sp³-hybridized carbons (Fsp3) is 0.625. The predicted octanol–water partition coefficient (Wildman–Crippen LogP) is 3.53. The number of halogens is 1. The second kappa shape index (κ2) is 6.75. The summed E-state index contributed by atoms with van der Waals surface area (Å²) in [6.07, 6.45) is 5.61. The predicted molar refractivity (Wildman–Crippen MR) is 84.9 cm³/mol. The quantitative estimate of drug-likeness (QED) is 0.903. The monoisotopic (exact) mass is 313 g/mol. The maximum atomic E-state index is 6.64. The number of methoxy groups -OCH3 is 3. The van der Waals surface area contributed by atoms with E-state index in [-0.39, 0.29) is 5.41 Å². The zero-order valence-corrected chi connectivity index (χ0v) is 13.8. The average Bonchev–Trinajstić information content (AvgIpc) is 2.54. The summed E-state index contributed by atoms with van der Waals surface area (Å²) in [5.41, 5.74) is 6.96. The standard InChI is InChI=1S/C16H24ClNO3/c1-19-11-9-12(20-2)15(21-3)14(17)13(11)16(10-18)7-5-4-6-8-16/h9H,4-8,10,18H2,1-3H3. The van der Waals surface area contributed by atoms with Crippen molar-refractivity contribution in [1.82, 2.24) is 0 Å².